The number of aryl methyl sites for hydroxylation is 1. The lowest BCUT2D eigenvalue weighted by molar-refractivity contribution is -0.155. The first-order chi connectivity index (χ1) is 12.6. The number of rotatable bonds is 4. The van der Waals surface area contributed by atoms with Crippen molar-refractivity contribution in [3.8, 4) is 11.1 Å². The molecule has 0 aliphatic heterocycles. The van der Waals surface area contributed by atoms with E-state index >= 15 is 0 Å². The first-order valence-electron chi connectivity index (χ1n) is 8.45. The van der Waals surface area contributed by atoms with Gasteiger partial charge in [-0.3, -0.25) is 14.3 Å². The second-order valence-electron chi connectivity index (χ2n) is 7.21. The van der Waals surface area contributed by atoms with E-state index in [0.717, 1.165) is 11.1 Å². The Kier molecular flexibility index (Phi) is 4.65. The largest absolute Gasteiger partial charge is 0.459 e. The molecule has 2 heterocycles. The average molecular weight is 367 g/mol. The molecule has 1 amide bonds. The van der Waals surface area contributed by atoms with Gasteiger partial charge in [-0.25, -0.2) is 9.97 Å². The molecule has 0 saturated heterocycles. The normalized spacial score (nSPS) is 11.6. The molecular formula is C19H21N5O3. The molecule has 3 aromatic rings. The van der Waals surface area contributed by atoms with E-state index in [1.807, 2.05) is 19.1 Å². The van der Waals surface area contributed by atoms with E-state index in [9.17, 15) is 9.59 Å². The van der Waals surface area contributed by atoms with Crippen molar-refractivity contribution in [3.05, 3.63) is 42.1 Å². The number of nitrogens with two attached hydrogens (primary N) is 1. The van der Waals surface area contributed by atoms with Crippen LogP contribution in [0.5, 0.6) is 0 Å². The maximum absolute atomic E-state index is 12.2. The molecule has 0 fully saturated rings. The summed E-state index contributed by atoms with van der Waals surface area (Å²) < 4.78 is 6.78. The van der Waals surface area contributed by atoms with Crippen LogP contribution in [0, 0.1) is 6.92 Å². The molecule has 2 N–H and O–H groups in total. The van der Waals surface area contributed by atoms with Crippen molar-refractivity contribution in [2.45, 2.75) is 39.8 Å². The van der Waals surface area contributed by atoms with E-state index in [4.69, 9.17) is 10.5 Å². The molecule has 0 aliphatic rings. The monoisotopic (exact) mass is 367 g/mol. The van der Waals surface area contributed by atoms with Crippen LogP contribution in [0.2, 0.25) is 0 Å². The molecule has 8 nitrogen and oxygen atoms in total. The molecular weight excluding hydrogens is 346 g/mol. The zero-order valence-electron chi connectivity index (χ0n) is 15.7. The zero-order chi connectivity index (χ0) is 19.8. The van der Waals surface area contributed by atoms with Crippen LogP contribution in [0.15, 0.2) is 30.6 Å². The smallest absolute Gasteiger partial charge is 0.328 e. The molecule has 0 aliphatic carbocycles. The van der Waals surface area contributed by atoms with Crippen molar-refractivity contribution in [1.29, 1.82) is 0 Å². The fraction of sp³-hybridized carbons (Fsp3) is 0.316. The third kappa shape index (κ3) is 4.11. The van der Waals surface area contributed by atoms with Gasteiger partial charge in [-0.1, -0.05) is 6.07 Å². The highest BCUT2D eigenvalue weighted by molar-refractivity contribution is 6.05. The third-order valence-electron chi connectivity index (χ3n) is 3.80. The highest BCUT2D eigenvalue weighted by Gasteiger charge is 2.21. The van der Waals surface area contributed by atoms with Crippen LogP contribution < -0.4 is 5.73 Å². The van der Waals surface area contributed by atoms with Gasteiger partial charge in [0.15, 0.2) is 5.69 Å². The summed E-state index contributed by atoms with van der Waals surface area (Å²) in [5.74, 6) is -0.438. The fourth-order valence-electron chi connectivity index (χ4n) is 2.69. The van der Waals surface area contributed by atoms with Gasteiger partial charge in [0.25, 0.3) is 5.91 Å². The maximum Gasteiger partial charge on any atom is 0.328 e. The average Bonchev–Trinajstić information content (AvgIpc) is 2.92. The van der Waals surface area contributed by atoms with Gasteiger partial charge in [0, 0.05) is 23.3 Å². The summed E-state index contributed by atoms with van der Waals surface area (Å²) in [5, 5.41) is 4.79. The van der Waals surface area contributed by atoms with E-state index in [1.165, 1.54) is 4.68 Å². The molecule has 0 radical (unpaired) electrons. The van der Waals surface area contributed by atoms with Crippen molar-refractivity contribution < 1.29 is 14.3 Å². The molecule has 1 aromatic carbocycles. The second kappa shape index (κ2) is 6.79. The standard InChI is InChI=1S/C19H21N5O3/c1-11-21-8-13(9-22-11)12-5-6-14-15(7-12)24(23-17(14)18(20)26)10-16(25)27-19(2,3)4/h5-9H,10H2,1-4H3,(H2,20,26). The van der Waals surface area contributed by atoms with E-state index in [0.29, 0.717) is 16.7 Å². The number of aromatic nitrogens is 4. The number of ether oxygens (including phenoxy) is 1. The van der Waals surface area contributed by atoms with Gasteiger partial charge in [-0.05, 0) is 45.4 Å². The summed E-state index contributed by atoms with van der Waals surface area (Å²) in [5.41, 5.74) is 7.19. The molecule has 0 saturated carbocycles. The van der Waals surface area contributed by atoms with Crippen molar-refractivity contribution in [2.24, 2.45) is 5.73 Å². The molecule has 0 unspecified atom stereocenters. The number of primary amides is 1. The van der Waals surface area contributed by atoms with Crippen LogP contribution in [0.3, 0.4) is 0 Å². The Balaban J connectivity index is 2.06. The molecule has 0 atom stereocenters. The van der Waals surface area contributed by atoms with Gasteiger partial charge in [-0.15, -0.1) is 0 Å². The first kappa shape index (κ1) is 18.5. The fourth-order valence-corrected chi connectivity index (χ4v) is 2.69. The van der Waals surface area contributed by atoms with Crippen molar-refractivity contribution >= 4 is 22.8 Å². The molecule has 140 valence electrons. The highest BCUT2D eigenvalue weighted by Crippen LogP contribution is 2.26. The minimum atomic E-state index is -0.658. The number of carbonyl (C=O) groups excluding carboxylic acids is 2. The van der Waals surface area contributed by atoms with E-state index in [2.05, 4.69) is 15.1 Å². The Labute approximate surface area is 156 Å². The molecule has 8 heteroatoms. The number of hydrogen-bond donors (Lipinski definition) is 1. The lowest BCUT2D eigenvalue weighted by Crippen LogP contribution is -2.27. The van der Waals surface area contributed by atoms with E-state index in [-0.39, 0.29) is 12.2 Å². The maximum atomic E-state index is 12.2. The minimum Gasteiger partial charge on any atom is -0.459 e. The Morgan fingerprint density at radius 1 is 1.15 bits per heavy atom. The van der Waals surface area contributed by atoms with Crippen LogP contribution in [0.1, 0.15) is 37.1 Å². The molecule has 0 bridgehead atoms. The van der Waals surface area contributed by atoms with Crippen LogP contribution in [0.4, 0.5) is 0 Å². The summed E-state index contributed by atoms with van der Waals surface area (Å²) in [4.78, 5) is 32.4. The lowest BCUT2D eigenvalue weighted by atomic mass is 10.1. The van der Waals surface area contributed by atoms with E-state index in [1.54, 1.807) is 39.2 Å². The Hall–Kier alpha value is -3.29. The Morgan fingerprint density at radius 2 is 1.81 bits per heavy atom. The van der Waals surface area contributed by atoms with Gasteiger partial charge in [0.05, 0.1) is 5.52 Å². The summed E-state index contributed by atoms with van der Waals surface area (Å²) in [6.45, 7) is 7.04. The summed E-state index contributed by atoms with van der Waals surface area (Å²) in [7, 11) is 0. The van der Waals surface area contributed by atoms with Gasteiger partial charge in [0.1, 0.15) is 18.0 Å². The van der Waals surface area contributed by atoms with Crippen LogP contribution >= 0.6 is 0 Å². The SMILES string of the molecule is Cc1ncc(-c2ccc3c(C(N)=O)nn(CC(=O)OC(C)(C)C)c3c2)cn1. The van der Waals surface area contributed by atoms with Crippen molar-refractivity contribution in [2.75, 3.05) is 0 Å². The molecule has 3 rings (SSSR count). The predicted molar refractivity (Wildman–Crippen MR) is 99.9 cm³/mol. The summed E-state index contributed by atoms with van der Waals surface area (Å²) in [6.07, 6.45) is 3.43. The van der Waals surface area contributed by atoms with Crippen LogP contribution in [-0.2, 0) is 16.1 Å². The number of hydrogen-bond acceptors (Lipinski definition) is 6. The predicted octanol–water partition coefficient (Wildman–Crippen LogP) is 2.24. The molecule has 0 spiro atoms. The number of nitrogens with zero attached hydrogens (tertiary/aromatic N) is 4. The quantitative estimate of drug-likeness (QED) is 0.708. The number of fused-ring (bicyclic) bond motifs is 1. The Morgan fingerprint density at radius 3 is 2.41 bits per heavy atom. The van der Waals surface area contributed by atoms with Crippen LogP contribution in [0.25, 0.3) is 22.0 Å². The number of benzene rings is 1. The second-order valence-corrected chi connectivity index (χ2v) is 7.21. The van der Waals surface area contributed by atoms with E-state index < -0.39 is 17.5 Å². The molecule has 2 aromatic heterocycles. The van der Waals surface area contributed by atoms with Gasteiger partial charge >= 0.3 is 5.97 Å². The Bertz CT molecular complexity index is 1020. The van der Waals surface area contributed by atoms with Crippen LogP contribution in [-0.4, -0.2) is 37.2 Å². The summed E-state index contributed by atoms with van der Waals surface area (Å²) in [6, 6.07) is 5.42. The number of esters is 1. The third-order valence-corrected chi connectivity index (χ3v) is 3.80. The highest BCUT2D eigenvalue weighted by atomic mass is 16.6. The molecule has 27 heavy (non-hydrogen) atoms. The van der Waals surface area contributed by atoms with Gasteiger partial charge in [-0.2, -0.15) is 5.10 Å². The number of carbonyl (C=O) groups is 2. The zero-order valence-corrected chi connectivity index (χ0v) is 15.7. The van der Waals surface area contributed by atoms with Gasteiger partial charge < -0.3 is 10.5 Å². The number of amides is 1. The lowest BCUT2D eigenvalue weighted by Gasteiger charge is -2.19. The minimum absolute atomic E-state index is 0.111. The van der Waals surface area contributed by atoms with Crippen molar-refractivity contribution in [3.63, 3.8) is 0 Å². The topological polar surface area (TPSA) is 113 Å². The summed E-state index contributed by atoms with van der Waals surface area (Å²) >= 11 is 0. The van der Waals surface area contributed by atoms with Crippen molar-refractivity contribution in [1.82, 2.24) is 19.7 Å². The van der Waals surface area contributed by atoms with Gasteiger partial charge in [0.2, 0.25) is 0 Å². The first-order valence-corrected chi connectivity index (χ1v) is 8.45.